The standard InChI is InChI=1S/C22H35NO/c1-15-8-10-19(11-9-15)23-20(24)16-12-17(21(2,3)4)14-18(13-16)22(5,6)7/h8-11,16-18H,12-14H2,1-7H3,(H,23,24)/t17-,18-/m0/s1. The van der Waals surface area contributed by atoms with Crippen LogP contribution in [0.5, 0.6) is 0 Å². The van der Waals surface area contributed by atoms with Crippen molar-refractivity contribution in [1.29, 1.82) is 0 Å². The molecule has 1 amide bonds. The molecule has 1 N–H and O–H groups in total. The van der Waals surface area contributed by atoms with Crippen LogP contribution in [0.15, 0.2) is 24.3 Å². The summed E-state index contributed by atoms with van der Waals surface area (Å²) < 4.78 is 0. The quantitative estimate of drug-likeness (QED) is 0.702. The number of carbonyl (C=O) groups is 1. The number of amides is 1. The number of rotatable bonds is 2. The minimum absolute atomic E-state index is 0.119. The predicted molar refractivity (Wildman–Crippen MR) is 103 cm³/mol. The van der Waals surface area contributed by atoms with Crippen molar-refractivity contribution >= 4 is 11.6 Å². The lowest BCUT2D eigenvalue weighted by atomic mass is 9.60. The molecule has 2 atom stereocenters. The average Bonchev–Trinajstić information content (AvgIpc) is 2.47. The fourth-order valence-electron chi connectivity index (χ4n) is 3.83. The normalized spacial score (nSPS) is 25.4. The predicted octanol–water partition coefficient (Wildman–Crippen LogP) is 6.06. The van der Waals surface area contributed by atoms with E-state index < -0.39 is 0 Å². The zero-order chi connectivity index (χ0) is 18.1. The van der Waals surface area contributed by atoms with Crippen LogP contribution < -0.4 is 5.32 Å². The maximum absolute atomic E-state index is 12.9. The molecule has 0 spiro atoms. The topological polar surface area (TPSA) is 29.1 Å². The third-order valence-corrected chi connectivity index (χ3v) is 5.85. The van der Waals surface area contributed by atoms with Gasteiger partial charge in [0.15, 0.2) is 0 Å². The molecule has 0 radical (unpaired) electrons. The molecule has 1 aromatic rings. The highest BCUT2D eigenvalue weighted by molar-refractivity contribution is 5.92. The maximum Gasteiger partial charge on any atom is 0.227 e. The molecule has 0 heterocycles. The van der Waals surface area contributed by atoms with Crippen molar-refractivity contribution in [3.05, 3.63) is 29.8 Å². The molecule has 24 heavy (non-hydrogen) atoms. The smallest absolute Gasteiger partial charge is 0.227 e. The van der Waals surface area contributed by atoms with Crippen LogP contribution in [0.3, 0.4) is 0 Å². The average molecular weight is 330 g/mol. The number of nitrogens with one attached hydrogen (secondary N) is 1. The van der Waals surface area contributed by atoms with Crippen LogP contribution >= 0.6 is 0 Å². The van der Waals surface area contributed by atoms with Crippen LogP contribution in [0, 0.1) is 35.5 Å². The van der Waals surface area contributed by atoms with Crippen LogP contribution in [0.1, 0.15) is 66.4 Å². The molecule has 0 saturated heterocycles. The summed E-state index contributed by atoms with van der Waals surface area (Å²) in [5, 5.41) is 3.14. The summed E-state index contributed by atoms with van der Waals surface area (Å²) in [6, 6.07) is 8.09. The van der Waals surface area contributed by atoms with Gasteiger partial charge in [-0.1, -0.05) is 59.2 Å². The monoisotopic (exact) mass is 329 g/mol. The number of hydrogen-bond donors (Lipinski definition) is 1. The van der Waals surface area contributed by atoms with Gasteiger partial charge in [-0.3, -0.25) is 4.79 Å². The molecule has 1 saturated carbocycles. The second-order valence-corrected chi connectivity index (χ2v) is 9.89. The first-order valence-corrected chi connectivity index (χ1v) is 9.34. The summed E-state index contributed by atoms with van der Waals surface area (Å²) >= 11 is 0. The van der Waals surface area contributed by atoms with E-state index >= 15 is 0 Å². The van der Waals surface area contributed by atoms with Crippen LogP contribution in [-0.4, -0.2) is 5.91 Å². The maximum atomic E-state index is 12.9. The van der Waals surface area contributed by atoms with Crippen LogP contribution in [-0.2, 0) is 4.79 Å². The zero-order valence-electron chi connectivity index (χ0n) is 16.6. The molecule has 1 aliphatic carbocycles. The lowest BCUT2D eigenvalue weighted by Crippen LogP contribution is -2.40. The summed E-state index contributed by atoms with van der Waals surface area (Å²) in [5.74, 6) is 1.52. The number of carbonyl (C=O) groups excluding carboxylic acids is 1. The highest BCUT2D eigenvalue weighted by atomic mass is 16.1. The van der Waals surface area contributed by atoms with Gasteiger partial charge in [0.05, 0.1) is 0 Å². The Labute approximate surface area is 148 Å². The van der Waals surface area contributed by atoms with Crippen LogP contribution in [0.2, 0.25) is 0 Å². The molecule has 0 aliphatic heterocycles. The van der Waals surface area contributed by atoms with E-state index in [-0.39, 0.29) is 22.7 Å². The summed E-state index contributed by atoms with van der Waals surface area (Å²) in [4.78, 5) is 12.9. The van der Waals surface area contributed by atoms with Gasteiger partial charge in [0.1, 0.15) is 0 Å². The molecule has 1 aromatic carbocycles. The first kappa shape index (κ1) is 19.0. The fourth-order valence-corrected chi connectivity index (χ4v) is 3.83. The summed E-state index contributed by atoms with van der Waals surface area (Å²) in [7, 11) is 0. The lowest BCUT2D eigenvalue weighted by molar-refractivity contribution is -0.123. The van der Waals surface area contributed by atoms with Gasteiger partial charge in [-0.25, -0.2) is 0 Å². The summed E-state index contributed by atoms with van der Waals surface area (Å²) in [6.07, 6.45) is 3.25. The Morgan fingerprint density at radius 1 is 0.875 bits per heavy atom. The Balaban J connectivity index is 2.14. The Bertz CT molecular complexity index is 537. The second-order valence-electron chi connectivity index (χ2n) is 9.89. The molecular weight excluding hydrogens is 294 g/mol. The number of anilines is 1. The van der Waals surface area contributed by atoms with Gasteiger partial charge < -0.3 is 5.32 Å². The van der Waals surface area contributed by atoms with Gasteiger partial charge in [0.2, 0.25) is 5.91 Å². The molecule has 2 heteroatoms. The molecule has 2 rings (SSSR count). The molecule has 0 unspecified atom stereocenters. The van der Waals surface area contributed by atoms with E-state index in [9.17, 15) is 4.79 Å². The third kappa shape index (κ3) is 4.84. The van der Waals surface area contributed by atoms with E-state index in [0.717, 1.165) is 18.5 Å². The van der Waals surface area contributed by atoms with Crippen molar-refractivity contribution < 1.29 is 4.79 Å². The second kappa shape index (κ2) is 6.90. The first-order chi connectivity index (χ1) is 11.0. The first-order valence-electron chi connectivity index (χ1n) is 9.34. The van der Waals surface area contributed by atoms with E-state index in [1.54, 1.807) is 0 Å². The van der Waals surface area contributed by atoms with Crippen molar-refractivity contribution in [2.75, 3.05) is 5.32 Å². The number of benzene rings is 1. The van der Waals surface area contributed by atoms with E-state index in [1.165, 1.54) is 12.0 Å². The van der Waals surface area contributed by atoms with E-state index in [0.29, 0.717) is 11.8 Å². The Morgan fingerprint density at radius 3 is 1.75 bits per heavy atom. The van der Waals surface area contributed by atoms with E-state index in [4.69, 9.17) is 0 Å². The minimum atomic E-state index is 0.119. The van der Waals surface area contributed by atoms with Gasteiger partial charge in [-0.2, -0.15) is 0 Å². The molecule has 1 aliphatic rings. The van der Waals surface area contributed by atoms with Crippen molar-refractivity contribution in [3.63, 3.8) is 0 Å². The Morgan fingerprint density at radius 2 is 1.33 bits per heavy atom. The van der Waals surface area contributed by atoms with Gasteiger partial charge in [0.25, 0.3) is 0 Å². The Hall–Kier alpha value is -1.31. The van der Waals surface area contributed by atoms with Crippen LogP contribution in [0.25, 0.3) is 0 Å². The van der Waals surface area contributed by atoms with Crippen LogP contribution in [0.4, 0.5) is 5.69 Å². The highest BCUT2D eigenvalue weighted by Gasteiger charge is 2.41. The summed E-state index contributed by atoms with van der Waals surface area (Å²) in [6.45, 7) is 16.0. The van der Waals surface area contributed by atoms with E-state index in [1.807, 2.05) is 24.3 Å². The lowest BCUT2D eigenvalue weighted by Gasteiger charge is -2.45. The molecule has 0 bridgehead atoms. The minimum Gasteiger partial charge on any atom is -0.326 e. The van der Waals surface area contributed by atoms with Crippen molar-refractivity contribution in [2.24, 2.45) is 28.6 Å². The SMILES string of the molecule is Cc1ccc(NC(=O)C2C[C@H](C(C)(C)C)C[C@@H](C(C)(C)C)C2)cc1. The van der Waals surface area contributed by atoms with Gasteiger partial charge in [0, 0.05) is 11.6 Å². The van der Waals surface area contributed by atoms with Crippen molar-refractivity contribution in [2.45, 2.75) is 67.7 Å². The largest absolute Gasteiger partial charge is 0.326 e. The molecule has 0 aromatic heterocycles. The Kier molecular flexibility index (Phi) is 5.47. The fraction of sp³-hybridized carbons (Fsp3) is 0.682. The molecule has 1 fully saturated rings. The number of aryl methyl sites for hydroxylation is 1. The molecular formula is C22H35NO. The van der Waals surface area contributed by atoms with E-state index in [2.05, 4.69) is 53.8 Å². The summed E-state index contributed by atoms with van der Waals surface area (Å²) in [5.41, 5.74) is 2.64. The molecule has 134 valence electrons. The van der Waals surface area contributed by atoms with Gasteiger partial charge in [-0.15, -0.1) is 0 Å². The van der Waals surface area contributed by atoms with Crippen molar-refractivity contribution in [3.8, 4) is 0 Å². The van der Waals surface area contributed by atoms with Crippen molar-refractivity contribution in [1.82, 2.24) is 0 Å². The zero-order valence-corrected chi connectivity index (χ0v) is 16.6. The number of hydrogen-bond acceptors (Lipinski definition) is 1. The third-order valence-electron chi connectivity index (χ3n) is 5.85. The van der Waals surface area contributed by atoms with Gasteiger partial charge in [-0.05, 0) is 61.0 Å². The highest BCUT2D eigenvalue weighted by Crippen LogP contribution is 2.48. The van der Waals surface area contributed by atoms with Gasteiger partial charge >= 0.3 is 0 Å². The molecule has 2 nitrogen and oxygen atoms in total.